The molecule has 0 bridgehead atoms. The van der Waals surface area contributed by atoms with Crippen LogP contribution in [0.25, 0.3) is 0 Å². The number of hydrogen-bond donors (Lipinski definition) is 0. The molecule has 1 fully saturated rings. The van der Waals surface area contributed by atoms with Gasteiger partial charge in [0, 0.05) is 17.6 Å². The molecule has 0 atom stereocenters. The molecule has 0 amide bonds. The van der Waals surface area contributed by atoms with Crippen molar-refractivity contribution in [3.63, 3.8) is 0 Å². The van der Waals surface area contributed by atoms with E-state index in [4.69, 9.17) is 5.26 Å². The second kappa shape index (κ2) is 5.55. The van der Waals surface area contributed by atoms with E-state index >= 15 is 0 Å². The summed E-state index contributed by atoms with van der Waals surface area (Å²) in [7, 11) is 0. The molecule has 1 aliphatic heterocycles. The van der Waals surface area contributed by atoms with Crippen LogP contribution in [0.15, 0.2) is 22.7 Å². The summed E-state index contributed by atoms with van der Waals surface area (Å²) >= 11 is 3.48. The van der Waals surface area contributed by atoms with Crippen LogP contribution in [0, 0.1) is 17.2 Å². The van der Waals surface area contributed by atoms with Crippen molar-refractivity contribution in [2.24, 2.45) is 5.92 Å². The predicted molar refractivity (Wildman–Crippen MR) is 74.1 cm³/mol. The normalized spacial score (nSPS) is 16.9. The summed E-state index contributed by atoms with van der Waals surface area (Å²) in [4.78, 5) is 2.34. The molecule has 1 aliphatic rings. The number of hydrogen-bond acceptors (Lipinski definition) is 2. The van der Waals surface area contributed by atoms with Crippen molar-refractivity contribution < 1.29 is 0 Å². The first-order chi connectivity index (χ1) is 8.24. The smallest absolute Gasteiger partial charge is 0.101 e. The molecule has 0 spiro atoms. The third-order valence-corrected chi connectivity index (χ3v) is 4.11. The lowest BCUT2D eigenvalue weighted by molar-refractivity contribution is 0.395. The SMILES string of the molecule is CCC1CCN(c2cc(Br)ccc2C#N)CC1. The number of piperidine rings is 1. The Morgan fingerprint density at radius 3 is 2.71 bits per heavy atom. The van der Waals surface area contributed by atoms with E-state index in [1.54, 1.807) is 0 Å². The minimum absolute atomic E-state index is 0.781. The molecule has 1 aromatic rings. The molecule has 0 unspecified atom stereocenters. The third kappa shape index (κ3) is 2.81. The van der Waals surface area contributed by atoms with Crippen molar-refractivity contribution >= 4 is 21.6 Å². The van der Waals surface area contributed by atoms with Gasteiger partial charge in [-0.3, -0.25) is 0 Å². The average Bonchev–Trinajstić information content (AvgIpc) is 2.39. The Labute approximate surface area is 111 Å². The quantitative estimate of drug-likeness (QED) is 0.825. The van der Waals surface area contributed by atoms with Gasteiger partial charge in [-0.1, -0.05) is 29.3 Å². The molecule has 1 saturated heterocycles. The van der Waals surface area contributed by atoms with E-state index in [1.165, 1.54) is 19.3 Å². The zero-order valence-electron chi connectivity index (χ0n) is 10.1. The van der Waals surface area contributed by atoms with E-state index in [1.807, 2.05) is 12.1 Å². The summed E-state index contributed by atoms with van der Waals surface area (Å²) < 4.78 is 1.05. The maximum Gasteiger partial charge on any atom is 0.101 e. The summed E-state index contributed by atoms with van der Waals surface area (Å²) in [5, 5.41) is 9.15. The lowest BCUT2D eigenvalue weighted by Crippen LogP contribution is -2.33. The third-order valence-electron chi connectivity index (χ3n) is 3.61. The maximum atomic E-state index is 9.15. The summed E-state index contributed by atoms with van der Waals surface area (Å²) in [5.74, 6) is 0.865. The highest BCUT2D eigenvalue weighted by atomic mass is 79.9. The topological polar surface area (TPSA) is 27.0 Å². The van der Waals surface area contributed by atoms with Crippen molar-refractivity contribution in [2.75, 3.05) is 18.0 Å². The van der Waals surface area contributed by atoms with Crippen LogP contribution in [0.5, 0.6) is 0 Å². The number of rotatable bonds is 2. The molecule has 90 valence electrons. The summed E-state index contributed by atoms with van der Waals surface area (Å²) in [6.07, 6.45) is 3.76. The van der Waals surface area contributed by atoms with Gasteiger partial charge in [0.15, 0.2) is 0 Å². The number of nitrogens with zero attached hydrogens (tertiary/aromatic N) is 2. The molecular weight excluding hydrogens is 276 g/mol. The van der Waals surface area contributed by atoms with E-state index in [-0.39, 0.29) is 0 Å². The van der Waals surface area contributed by atoms with E-state index in [0.717, 1.165) is 34.7 Å². The van der Waals surface area contributed by atoms with Gasteiger partial charge >= 0.3 is 0 Å². The minimum atomic E-state index is 0.781. The van der Waals surface area contributed by atoms with Gasteiger partial charge in [-0.25, -0.2) is 0 Å². The average molecular weight is 293 g/mol. The van der Waals surface area contributed by atoms with Crippen LogP contribution >= 0.6 is 15.9 Å². The molecule has 1 heterocycles. The van der Waals surface area contributed by atoms with Crippen LogP contribution in [0.4, 0.5) is 5.69 Å². The fourth-order valence-corrected chi connectivity index (χ4v) is 2.79. The first-order valence-corrected chi connectivity index (χ1v) is 6.98. The molecule has 2 nitrogen and oxygen atoms in total. The fraction of sp³-hybridized carbons (Fsp3) is 0.500. The van der Waals surface area contributed by atoms with Gasteiger partial charge in [0.2, 0.25) is 0 Å². The van der Waals surface area contributed by atoms with Crippen molar-refractivity contribution in [2.45, 2.75) is 26.2 Å². The summed E-state index contributed by atoms with van der Waals surface area (Å²) in [5.41, 5.74) is 1.86. The van der Waals surface area contributed by atoms with Crippen LogP contribution < -0.4 is 4.90 Å². The standard InChI is InChI=1S/C14H17BrN2/c1-2-11-5-7-17(8-6-11)14-9-13(15)4-3-12(14)10-16/h3-4,9,11H,2,5-8H2,1H3. The largest absolute Gasteiger partial charge is 0.370 e. The van der Waals surface area contributed by atoms with E-state index in [2.05, 4.69) is 39.9 Å². The van der Waals surface area contributed by atoms with Gasteiger partial charge in [0.25, 0.3) is 0 Å². The van der Waals surface area contributed by atoms with Crippen LogP contribution in [-0.4, -0.2) is 13.1 Å². The zero-order chi connectivity index (χ0) is 12.3. The Bertz CT molecular complexity index is 428. The molecule has 1 aromatic carbocycles. The van der Waals surface area contributed by atoms with Crippen LogP contribution in [0.3, 0.4) is 0 Å². The minimum Gasteiger partial charge on any atom is -0.370 e. The molecule has 0 N–H and O–H groups in total. The van der Waals surface area contributed by atoms with E-state index < -0.39 is 0 Å². The van der Waals surface area contributed by atoms with E-state index in [0.29, 0.717) is 0 Å². The first kappa shape index (κ1) is 12.4. The second-order valence-corrected chi connectivity index (χ2v) is 5.53. The van der Waals surface area contributed by atoms with Crippen LogP contribution in [0.2, 0.25) is 0 Å². The monoisotopic (exact) mass is 292 g/mol. The van der Waals surface area contributed by atoms with Crippen molar-refractivity contribution in [1.82, 2.24) is 0 Å². The highest BCUT2D eigenvalue weighted by Crippen LogP contribution is 2.29. The second-order valence-electron chi connectivity index (χ2n) is 4.61. The van der Waals surface area contributed by atoms with Gasteiger partial charge in [-0.15, -0.1) is 0 Å². The van der Waals surface area contributed by atoms with Crippen molar-refractivity contribution in [3.05, 3.63) is 28.2 Å². The van der Waals surface area contributed by atoms with Crippen LogP contribution in [-0.2, 0) is 0 Å². The fourth-order valence-electron chi connectivity index (χ4n) is 2.44. The van der Waals surface area contributed by atoms with Gasteiger partial charge in [0.05, 0.1) is 11.3 Å². The zero-order valence-corrected chi connectivity index (χ0v) is 11.7. The number of nitriles is 1. The number of halogens is 1. The number of benzene rings is 1. The lowest BCUT2D eigenvalue weighted by atomic mass is 9.94. The number of anilines is 1. The maximum absolute atomic E-state index is 9.15. The Morgan fingerprint density at radius 1 is 1.41 bits per heavy atom. The van der Waals surface area contributed by atoms with Crippen molar-refractivity contribution in [3.8, 4) is 6.07 Å². The molecule has 3 heteroatoms. The van der Waals surface area contributed by atoms with Crippen LogP contribution in [0.1, 0.15) is 31.7 Å². The van der Waals surface area contributed by atoms with E-state index in [9.17, 15) is 0 Å². The summed E-state index contributed by atoms with van der Waals surface area (Å²) in [6.45, 7) is 4.41. The van der Waals surface area contributed by atoms with Gasteiger partial charge < -0.3 is 4.90 Å². The molecule has 0 radical (unpaired) electrons. The Kier molecular flexibility index (Phi) is 4.06. The highest BCUT2D eigenvalue weighted by Gasteiger charge is 2.19. The lowest BCUT2D eigenvalue weighted by Gasteiger charge is -2.33. The van der Waals surface area contributed by atoms with Gasteiger partial charge in [-0.2, -0.15) is 5.26 Å². The molecule has 17 heavy (non-hydrogen) atoms. The summed E-state index contributed by atoms with van der Waals surface area (Å²) in [6, 6.07) is 8.17. The highest BCUT2D eigenvalue weighted by molar-refractivity contribution is 9.10. The predicted octanol–water partition coefficient (Wildman–Crippen LogP) is 3.95. The van der Waals surface area contributed by atoms with Crippen molar-refractivity contribution in [1.29, 1.82) is 5.26 Å². The van der Waals surface area contributed by atoms with Gasteiger partial charge in [-0.05, 0) is 37.0 Å². The molecular formula is C14H17BrN2. The molecule has 0 aliphatic carbocycles. The molecule has 2 rings (SSSR count). The van der Waals surface area contributed by atoms with Gasteiger partial charge in [0.1, 0.15) is 6.07 Å². The molecule has 0 saturated carbocycles. The first-order valence-electron chi connectivity index (χ1n) is 6.19. The Morgan fingerprint density at radius 2 is 2.12 bits per heavy atom. The Balaban J connectivity index is 2.18. The molecule has 0 aromatic heterocycles. The Hall–Kier alpha value is -1.01.